The van der Waals surface area contributed by atoms with Crippen LogP contribution in [0.2, 0.25) is 0 Å². The zero-order chi connectivity index (χ0) is 23.1. The lowest BCUT2D eigenvalue weighted by Crippen LogP contribution is -2.42. The average molecular weight is 491 g/mol. The molecule has 0 radical (unpaired) electrons. The SMILES string of the molecule is COc1ccc([C@@H]2c3sc(=O)[nH]c3S[C@@H]3[C@@H]4C[C@@H]([C@H]5C(=O)N(c6ccccc6)C(=O)[C@@H]45)[C@H]23)cc1. The Morgan fingerprint density at radius 3 is 2.35 bits per heavy atom. The van der Waals surface area contributed by atoms with Gasteiger partial charge >= 0.3 is 4.87 Å². The number of rotatable bonds is 3. The molecular formula is C26H22N2O4S2. The first-order valence-corrected chi connectivity index (χ1v) is 13.2. The highest BCUT2D eigenvalue weighted by Crippen LogP contribution is 2.68. The van der Waals surface area contributed by atoms with E-state index in [0.29, 0.717) is 5.69 Å². The summed E-state index contributed by atoms with van der Waals surface area (Å²) in [4.78, 5) is 45.1. The first-order valence-electron chi connectivity index (χ1n) is 11.5. The molecule has 172 valence electrons. The van der Waals surface area contributed by atoms with Crippen LogP contribution in [0.5, 0.6) is 5.75 Å². The van der Waals surface area contributed by atoms with Crippen molar-refractivity contribution in [3.63, 3.8) is 0 Å². The second-order valence-corrected chi connectivity index (χ2v) is 11.8. The number of methoxy groups -OCH3 is 1. The van der Waals surface area contributed by atoms with E-state index in [9.17, 15) is 14.4 Å². The van der Waals surface area contributed by atoms with E-state index in [1.54, 1.807) is 18.9 Å². The van der Waals surface area contributed by atoms with Gasteiger partial charge in [-0.3, -0.25) is 19.3 Å². The summed E-state index contributed by atoms with van der Waals surface area (Å²) in [5, 5.41) is 1.13. The number of imide groups is 1. The van der Waals surface area contributed by atoms with Crippen molar-refractivity contribution < 1.29 is 14.3 Å². The molecule has 3 fully saturated rings. The predicted molar refractivity (Wildman–Crippen MR) is 130 cm³/mol. The number of aromatic nitrogens is 1. The Hall–Kier alpha value is -2.84. The molecule has 2 aromatic carbocycles. The van der Waals surface area contributed by atoms with Crippen LogP contribution in [-0.4, -0.2) is 29.2 Å². The average Bonchev–Trinajstić information content (AvgIpc) is 3.58. The highest BCUT2D eigenvalue weighted by Gasteiger charge is 2.69. The monoisotopic (exact) mass is 490 g/mol. The van der Waals surface area contributed by atoms with E-state index in [1.165, 1.54) is 16.2 Å². The van der Waals surface area contributed by atoms with Crippen molar-refractivity contribution in [2.45, 2.75) is 22.6 Å². The molecule has 2 saturated carbocycles. The Morgan fingerprint density at radius 1 is 0.941 bits per heavy atom. The Bertz CT molecular complexity index is 1370. The third-order valence-corrected chi connectivity index (χ3v) is 10.8. The number of nitrogens with one attached hydrogen (secondary N) is 1. The first-order chi connectivity index (χ1) is 16.6. The van der Waals surface area contributed by atoms with Crippen LogP contribution in [0, 0.1) is 29.6 Å². The van der Waals surface area contributed by atoms with Crippen LogP contribution in [0.1, 0.15) is 22.8 Å². The number of ether oxygens (including phenoxy) is 1. The van der Waals surface area contributed by atoms with Gasteiger partial charge in [0.1, 0.15) is 5.75 Å². The minimum absolute atomic E-state index is 0.0285. The van der Waals surface area contributed by atoms with Gasteiger partial charge in [-0.15, -0.1) is 11.8 Å². The number of hydrogen-bond donors (Lipinski definition) is 1. The van der Waals surface area contributed by atoms with Gasteiger partial charge in [-0.25, -0.2) is 0 Å². The quantitative estimate of drug-likeness (QED) is 0.559. The number of hydrogen-bond acceptors (Lipinski definition) is 6. The Labute approximate surface area is 204 Å². The number of carbonyl (C=O) groups excluding carboxylic acids is 2. The summed E-state index contributed by atoms with van der Waals surface area (Å²) >= 11 is 2.99. The van der Waals surface area contributed by atoms with E-state index in [4.69, 9.17) is 4.74 Å². The van der Waals surface area contributed by atoms with Gasteiger partial charge in [0.15, 0.2) is 0 Å². The zero-order valence-electron chi connectivity index (χ0n) is 18.3. The molecule has 2 aliphatic carbocycles. The number of anilines is 1. The normalized spacial score (nSPS) is 33.1. The highest BCUT2D eigenvalue weighted by atomic mass is 32.2. The summed E-state index contributed by atoms with van der Waals surface area (Å²) in [5.74, 6) is 0.611. The second-order valence-electron chi connectivity index (χ2n) is 9.58. The van der Waals surface area contributed by atoms with Crippen LogP contribution in [0.4, 0.5) is 5.69 Å². The Balaban J connectivity index is 1.33. The molecule has 1 aromatic heterocycles. The molecule has 0 spiro atoms. The molecule has 6 nitrogen and oxygen atoms in total. The van der Waals surface area contributed by atoms with Crippen molar-refractivity contribution in [2.75, 3.05) is 12.0 Å². The lowest BCUT2D eigenvalue weighted by Gasteiger charge is -2.43. The number of aromatic amines is 1. The number of thiazole rings is 1. The third-order valence-electron chi connectivity index (χ3n) is 8.21. The van der Waals surface area contributed by atoms with Gasteiger partial charge < -0.3 is 9.72 Å². The number of H-pyrrole nitrogens is 1. The topological polar surface area (TPSA) is 79.5 Å². The van der Waals surface area contributed by atoms with Gasteiger partial charge in [0.25, 0.3) is 0 Å². The molecule has 3 aromatic rings. The van der Waals surface area contributed by atoms with Crippen LogP contribution in [0.25, 0.3) is 0 Å². The number of benzene rings is 2. The molecule has 4 aliphatic rings. The van der Waals surface area contributed by atoms with E-state index < -0.39 is 0 Å². The molecule has 34 heavy (non-hydrogen) atoms. The summed E-state index contributed by atoms with van der Waals surface area (Å²) < 4.78 is 5.36. The van der Waals surface area contributed by atoms with Crippen LogP contribution < -0.4 is 14.5 Å². The fourth-order valence-electron chi connectivity index (χ4n) is 7.03. The molecule has 1 saturated heterocycles. The summed E-state index contributed by atoms with van der Waals surface area (Å²) in [6, 6.07) is 17.4. The molecule has 7 atom stereocenters. The van der Waals surface area contributed by atoms with E-state index in [2.05, 4.69) is 17.1 Å². The van der Waals surface area contributed by atoms with E-state index >= 15 is 0 Å². The number of para-hydroxylation sites is 1. The molecule has 7 rings (SSSR count). The zero-order valence-corrected chi connectivity index (χ0v) is 20.0. The lowest BCUT2D eigenvalue weighted by atomic mass is 9.68. The van der Waals surface area contributed by atoms with Gasteiger partial charge in [0, 0.05) is 16.0 Å². The molecular weight excluding hydrogens is 468 g/mol. The molecule has 3 heterocycles. The maximum atomic E-state index is 13.7. The largest absolute Gasteiger partial charge is 0.497 e. The smallest absolute Gasteiger partial charge is 0.305 e. The summed E-state index contributed by atoms with van der Waals surface area (Å²) in [5.41, 5.74) is 1.80. The van der Waals surface area contributed by atoms with Gasteiger partial charge in [0.05, 0.1) is 29.7 Å². The second kappa shape index (κ2) is 7.33. The highest BCUT2D eigenvalue weighted by molar-refractivity contribution is 8.00. The molecule has 0 unspecified atom stereocenters. The standard InChI is InChI=1S/C26H22N2O4S2/c1-32-14-9-7-12(8-10-14)17-18-15-11-16(21(18)33-23-22(17)34-26(31)27-23)20-19(15)24(29)28(25(20)30)13-5-3-2-4-6-13/h2-10,15-21H,11H2,1H3,(H,27,31)/t15-,16-,17+,18-,19-,20+,21-/m1/s1. The van der Waals surface area contributed by atoms with Crippen molar-refractivity contribution in [2.24, 2.45) is 29.6 Å². The van der Waals surface area contributed by atoms with Gasteiger partial charge in [-0.2, -0.15) is 0 Å². The van der Waals surface area contributed by atoms with Crippen molar-refractivity contribution in [3.8, 4) is 5.75 Å². The maximum absolute atomic E-state index is 13.7. The Kier molecular flexibility index (Phi) is 4.42. The van der Waals surface area contributed by atoms with Crippen molar-refractivity contribution in [1.29, 1.82) is 0 Å². The van der Waals surface area contributed by atoms with Crippen molar-refractivity contribution >= 4 is 40.6 Å². The summed E-state index contributed by atoms with van der Waals surface area (Å²) in [7, 11) is 1.65. The van der Waals surface area contributed by atoms with E-state index in [0.717, 1.165) is 27.6 Å². The van der Waals surface area contributed by atoms with E-state index in [1.807, 2.05) is 42.5 Å². The molecule has 2 aliphatic heterocycles. The van der Waals surface area contributed by atoms with Crippen molar-refractivity contribution in [3.05, 3.63) is 74.7 Å². The van der Waals surface area contributed by atoms with Crippen LogP contribution in [0.3, 0.4) is 0 Å². The van der Waals surface area contributed by atoms with Gasteiger partial charge in [-0.1, -0.05) is 41.7 Å². The molecule has 2 bridgehead atoms. The lowest BCUT2D eigenvalue weighted by molar-refractivity contribution is -0.123. The van der Waals surface area contributed by atoms with Crippen LogP contribution in [-0.2, 0) is 9.59 Å². The first kappa shape index (κ1) is 20.5. The van der Waals surface area contributed by atoms with Gasteiger partial charge in [0.2, 0.25) is 11.8 Å². The van der Waals surface area contributed by atoms with Crippen LogP contribution >= 0.6 is 23.1 Å². The Morgan fingerprint density at radius 2 is 1.65 bits per heavy atom. The minimum Gasteiger partial charge on any atom is -0.497 e. The third kappa shape index (κ3) is 2.66. The summed E-state index contributed by atoms with van der Waals surface area (Å²) in [6.07, 6.45) is 0.892. The number of thioether (sulfide) groups is 1. The van der Waals surface area contributed by atoms with E-state index in [-0.39, 0.29) is 57.4 Å². The van der Waals surface area contributed by atoms with Crippen LogP contribution in [0.15, 0.2) is 64.4 Å². The molecule has 2 amide bonds. The van der Waals surface area contributed by atoms with Crippen molar-refractivity contribution in [1.82, 2.24) is 4.98 Å². The number of fused-ring (bicyclic) bond motifs is 9. The number of amides is 2. The fourth-order valence-corrected chi connectivity index (χ4v) is 9.92. The van der Waals surface area contributed by atoms with Gasteiger partial charge in [-0.05, 0) is 54.0 Å². The number of carbonyl (C=O) groups is 2. The maximum Gasteiger partial charge on any atom is 0.305 e. The number of nitrogens with zero attached hydrogens (tertiary/aromatic N) is 1. The summed E-state index contributed by atoms with van der Waals surface area (Å²) in [6.45, 7) is 0. The fraction of sp³-hybridized carbons (Fsp3) is 0.346. The molecule has 1 N–H and O–H groups in total. The predicted octanol–water partition coefficient (Wildman–Crippen LogP) is 4.12. The molecule has 8 heteroatoms. The minimum atomic E-state index is -0.280.